The molecule has 1 atom stereocenters. The maximum absolute atomic E-state index is 12.7. The smallest absolute Gasteiger partial charge is 0.223 e. The number of fused-ring (bicyclic) bond motifs is 2. The Labute approximate surface area is 177 Å². The van der Waals surface area contributed by atoms with Gasteiger partial charge in [-0.3, -0.25) is 4.79 Å². The Bertz CT molecular complexity index is 1250. The van der Waals surface area contributed by atoms with Gasteiger partial charge in [0.05, 0.1) is 11.0 Å². The first-order valence-corrected chi connectivity index (χ1v) is 10.6. The predicted molar refractivity (Wildman–Crippen MR) is 122 cm³/mol. The molecular formula is C26H27N3O. The molecular weight excluding hydrogens is 370 g/mol. The molecule has 1 amide bonds. The summed E-state index contributed by atoms with van der Waals surface area (Å²) in [6.45, 7) is 7.78. The number of hydrogen-bond donors (Lipinski definition) is 0. The van der Waals surface area contributed by atoms with Gasteiger partial charge in [-0.15, -0.1) is 0 Å². The van der Waals surface area contributed by atoms with Gasteiger partial charge in [-0.05, 0) is 55.3 Å². The highest BCUT2D eigenvalue weighted by Gasteiger charge is 2.39. The van der Waals surface area contributed by atoms with Crippen LogP contribution in [-0.2, 0) is 11.3 Å². The van der Waals surface area contributed by atoms with Crippen LogP contribution in [-0.4, -0.2) is 32.4 Å². The summed E-state index contributed by atoms with van der Waals surface area (Å²) in [5.41, 5.74) is 3.20. The number of imidazole rings is 1. The highest BCUT2D eigenvalue weighted by molar-refractivity contribution is 5.83. The van der Waals surface area contributed by atoms with Crippen LogP contribution in [0, 0.1) is 0 Å². The van der Waals surface area contributed by atoms with E-state index >= 15 is 0 Å². The van der Waals surface area contributed by atoms with E-state index in [0.29, 0.717) is 6.42 Å². The quantitative estimate of drug-likeness (QED) is 0.467. The number of carbonyl (C=O) groups excluding carboxylic acids is 1. The second kappa shape index (κ2) is 6.98. The van der Waals surface area contributed by atoms with Crippen molar-refractivity contribution in [3.8, 4) is 0 Å². The van der Waals surface area contributed by atoms with E-state index in [1.54, 1.807) is 0 Å². The number of benzene rings is 3. The zero-order chi connectivity index (χ0) is 20.9. The van der Waals surface area contributed by atoms with Crippen LogP contribution >= 0.6 is 0 Å². The average Bonchev–Trinajstić information content (AvgIpc) is 3.29. The van der Waals surface area contributed by atoms with E-state index in [9.17, 15) is 4.79 Å². The van der Waals surface area contributed by atoms with Crippen molar-refractivity contribution in [2.75, 3.05) is 6.54 Å². The SMILES string of the molecule is CC(C)(C)N1C[C@@H](c2nc3ccccc3n2Cc2ccc3ccccc3c2)CC1=O. The van der Waals surface area contributed by atoms with E-state index in [2.05, 4.69) is 86.0 Å². The number of likely N-dealkylation sites (tertiary alicyclic amines) is 1. The van der Waals surface area contributed by atoms with Gasteiger partial charge >= 0.3 is 0 Å². The van der Waals surface area contributed by atoms with Crippen LogP contribution < -0.4 is 0 Å². The number of para-hydroxylation sites is 2. The molecule has 4 heteroatoms. The zero-order valence-electron chi connectivity index (χ0n) is 17.8. The summed E-state index contributed by atoms with van der Waals surface area (Å²) >= 11 is 0. The average molecular weight is 398 g/mol. The van der Waals surface area contributed by atoms with Crippen molar-refractivity contribution in [2.24, 2.45) is 0 Å². The van der Waals surface area contributed by atoms with Gasteiger partial charge in [-0.1, -0.05) is 48.5 Å². The molecule has 0 aliphatic carbocycles. The predicted octanol–water partition coefficient (Wildman–Crippen LogP) is 5.35. The van der Waals surface area contributed by atoms with E-state index in [4.69, 9.17) is 4.98 Å². The van der Waals surface area contributed by atoms with Crippen LogP contribution in [0.2, 0.25) is 0 Å². The molecule has 3 aromatic carbocycles. The molecule has 4 aromatic rings. The molecule has 1 aliphatic heterocycles. The second-order valence-electron chi connectivity index (χ2n) is 9.30. The Hall–Kier alpha value is -3.14. The lowest BCUT2D eigenvalue weighted by Crippen LogP contribution is -2.42. The molecule has 1 fully saturated rings. The molecule has 1 aliphatic rings. The topological polar surface area (TPSA) is 38.1 Å². The fourth-order valence-electron chi connectivity index (χ4n) is 4.62. The lowest BCUT2D eigenvalue weighted by Gasteiger charge is -2.32. The van der Waals surface area contributed by atoms with Crippen molar-refractivity contribution >= 4 is 27.7 Å². The fraction of sp³-hybridized carbons (Fsp3) is 0.308. The molecule has 0 N–H and O–H groups in total. The minimum absolute atomic E-state index is 0.115. The third-order valence-electron chi connectivity index (χ3n) is 6.14. The van der Waals surface area contributed by atoms with E-state index < -0.39 is 0 Å². The molecule has 152 valence electrons. The standard InChI is InChI=1S/C26H27N3O/c1-26(2,3)29-17-21(15-24(29)30)25-27-22-10-6-7-11-23(22)28(25)16-18-12-13-19-8-4-5-9-20(19)14-18/h4-14,21H,15-17H2,1-3H3/t21-/m0/s1. The zero-order valence-corrected chi connectivity index (χ0v) is 17.8. The molecule has 30 heavy (non-hydrogen) atoms. The minimum atomic E-state index is -0.166. The monoisotopic (exact) mass is 397 g/mol. The van der Waals surface area contributed by atoms with Crippen molar-refractivity contribution < 1.29 is 4.79 Å². The largest absolute Gasteiger partial charge is 0.337 e. The number of aromatic nitrogens is 2. The first-order chi connectivity index (χ1) is 14.4. The lowest BCUT2D eigenvalue weighted by atomic mass is 10.1. The highest BCUT2D eigenvalue weighted by Crippen LogP contribution is 2.34. The summed E-state index contributed by atoms with van der Waals surface area (Å²) in [6, 6.07) is 23.4. The Kier molecular flexibility index (Phi) is 4.39. The molecule has 2 heterocycles. The molecule has 5 rings (SSSR count). The summed E-state index contributed by atoms with van der Waals surface area (Å²) in [6.07, 6.45) is 0.526. The molecule has 0 unspecified atom stereocenters. The molecule has 0 saturated carbocycles. The van der Waals surface area contributed by atoms with E-state index in [1.165, 1.54) is 16.3 Å². The van der Waals surface area contributed by atoms with Gasteiger partial charge in [0.15, 0.2) is 0 Å². The van der Waals surface area contributed by atoms with Crippen LogP contribution in [0.5, 0.6) is 0 Å². The number of amides is 1. The van der Waals surface area contributed by atoms with E-state index in [-0.39, 0.29) is 17.4 Å². The Balaban J connectivity index is 1.56. The maximum Gasteiger partial charge on any atom is 0.223 e. The van der Waals surface area contributed by atoms with Crippen molar-refractivity contribution in [3.05, 3.63) is 78.1 Å². The van der Waals surface area contributed by atoms with Crippen LogP contribution in [0.25, 0.3) is 21.8 Å². The Morgan fingerprint density at radius 2 is 1.70 bits per heavy atom. The summed E-state index contributed by atoms with van der Waals surface area (Å²) in [5.74, 6) is 1.35. The summed E-state index contributed by atoms with van der Waals surface area (Å²) in [7, 11) is 0. The minimum Gasteiger partial charge on any atom is -0.337 e. The van der Waals surface area contributed by atoms with Crippen LogP contribution in [0.3, 0.4) is 0 Å². The number of nitrogens with zero attached hydrogens (tertiary/aromatic N) is 3. The summed E-state index contributed by atoms with van der Waals surface area (Å²) < 4.78 is 2.31. The first-order valence-electron chi connectivity index (χ1n) is 10.6. The molecule has 1 saturated heterocycles. The summed E-state index contributed by atoms with van der Waals surface area (Å²) in [4.78, 5) is 19.7. The van der Waals surface area contributed by atoms with Gasteiger partial charge in [0.1, 0.15) is 5.82 Å². The van der Waals surface area contributed by atoms with Gasteiger partial charge in [-0.25, -0.2) is 4.98 Å². The van der Waals surface area contributed by atoms with E-state index in [1.807, 2.05) is 11.0 Å². The first kappa shape index (κ1) is 18.9. The van der Waals surface area contributed by atoms with Crippen LogP contribution in [0.15, 0.2) is 66.7 Å². The second-order valence-corrected chi connectivity index (χ2v) is 9.30. The molecule has 1 aromatic heterocycles. The van der Waals surface area contributed by atoms with Gasteiger partial charge < -0.3 is 9.47 Å². The molecule has 4 nitrogen and oxygen atoms in total. The van der Waals surface area contributed by atoms with Gasteiger partial charge in [-0.2, -0.15) is 0 Å². The third-order valence-corrected chi connectivity index (χ3v) is 6.14. The number of hydrogen-bond acceptors (Lipinski definition) is 2. The Morgan fingerprint density at radius 1 is 0.967 bits per heavy atom. The maximum atomic E-state index is 12.7. The number of rotatable bonds is 3. The number of carbonyl (C=O) groups is 1. The van der Waals surface area contributed by atoms with E-state index in [0.717, 1.165) is 29.9 Å². The van der Waals surface area contributed by atoms with Gasteiger partial charge in [0.2, 0.25) is 5.91 Å². The normalized spacial score (nSPS) is 17.4. The molecule has 0 bridgehead atoms. The van der Waals surface area contributed by atoms with Crippen LogP contribution in [0.1, 0.15) is 44.5 Å². The van der Waals surface area contributed by atoms with Crippen molar-refractivity contribution in [1.82, 2.24) is 14.5 Å². The van der Waals surface area contributed by atoms with Gasteiger partial charge in [0, 0.05) is 31.0 Å². The molecule has 0 spiro atoms. The fourth-order valence-corrected chi connectivity index (χ4v) is 4.62. The highest BCUT2D eigenvalue weighted by atomic mass is 16.2. The van der Waals surface area contributed by atoms with Crippen LogP contribution in [0.4, 0.5) is 0 Å². The van der Waals surface area contributed by atoms with Crippen molar-refractivity contribution in [1.29, 1.82) is 0 Å². The molecule has 0 radical (unpaired) electrons. The lowest BCUT2D eigenvalue weighted by molar-refractivity contribution is -0.131. The van der Waals surface area contributed by atoms with Crippen molar-refractivity contribution in [2.45, 2.75) is 45.2 Å². The third kappa shape index (κ3) is 3.26. The Morgan fingerprint density at radius 3 is 2.47 bits per heavy atom. The summed E-state index contributed by atoms with van der Waals surface area (Å²) in [5, 5.41) is 2.50. The van der Waals surface area contributed by atoms with Gasteiger partial charge in [0.25, 0.3) is 0 Å². The van der Waals surface area contributed by atoms with Crippen molar-refractivity contribution in [3.63, 3.8) is 0 Å².